The summed E-state index contributed by atoms with van der Waals surface area (Å²) in [5, 5.41) is 13.6. The van der Waals surface area contributed by atoms with Crippen LogP contribution in [0.3, 0.4) is 0 Å². The molecule has 23 heavy (non-hydrogen) atoms. The molecule has 0 bridgehead atoms. The topological polar surface area (TPSA) is 63.9 Å². The van der Waals surface area contributed by atoms with Crippen LogP contribution in [-0.2, 0) is 0 Å². The van der Waals surface area contributed by atoms with Gasteiger partial charge < -0.3 is 24.3 Å². The van der Waals surface area contributed by atoms with E-state index in [-0.39, 0.29) is 12.1 Å². The van der Waals surface area contributed by atoms with Gasteiger partial charge in [0, 0.05) is 12.1 Å². The summed E-state index contributed by atoms with van der Waals surface area (Å²) in [6.45, 7) is 5.34. The van der Waals surface area contributed by atoms with Gasteiger partial charge in [-0.3, -0.25) is 0 Å². The molecule has 0 amide bonds. The Morgan fingerprint density at radius 3 is 2.65 bits per heavy atom. The molecular weight excluding hydrogens is 294 g/mol. The summed E-state index contributed by atoms with van der Waals surface area (Å²) in [6, 6.07) is 9.87. The maximum atomic E-state index is 10.2. The molecule has 1 aliphatic rings. The number of hydrogen-bond acceptors (Lipinski definition) is 5. The molecule has 2 heterocycles. The number of aliphatic hydroxyl groups is 1. The Morgan fingerprint density at radius 1 is 1.13 bits per heavy atom. The number of furan rings is 1. The van der Waals surface area contributed by atoms with Crippen molar-refractivity contribution in [1.29, 1.82) is 0 Å². The number of nitrogens with one attached hydrogen (secondary N) is 1. The number of fused-ring (bicyclic) bond motifs is 1. The van der Waals surface area contributed by atoms with Crippen LogP contribution >= 0.6 is 0 Å². The standard InChI is InChI=1S/C18H23NO4/c1-12(10-15(20)16-4-3-7-21-16)19-13(2)14-5-6-17-18(11-14)23-9-8-22-17/h3-7,11-13,15,19-20H,8-10H2,1-2H3. The fourth-order valence-corrected chi connectivity index (χ4v) is 2.85. The molecule has 0 saturated heterocycles. The van der Waals surface area contributed by atoms with E-state index < -0.39 is 6.10 Å². The monoisotopic (exact) mass is 317 g/mol. The van der Waals surface area contributed by atoms with E-state index in [9.17, 15) is 5.11 Å². The minimum atomic E-state index is -0.597. The summed E-state index contributed by atoms with van der Waals surface area (Å²) in [4.78, 5) is 0. The molecule has 5 heteroatoms. The minimum Gasteiger partial charge on any atom is -0.486 e. The van der Waals surface area contributed by atoms with Crippen molar-refractivity contribution in [2.24, 2.45) is 0 Å². The Labute approximate surface area is 136 Å². The highest BCUT2D eigenvalue weighted by Crippen LogP contribution is 2.32. The molecule has 0 aliphatic carbocycles. The third-order valence-electron chi connectivity index (χ3n) is 4.05. The first-order valence-electron chi connectivity index (χ1n) is 8.00. The minimum absolute atomic E-state index is 0.137. The van der Waals surface area contributed by atoms with Gasteiger partial charge in [0.15, 0.2) is 11.5 Å². The highest BCUT2D eigenvalue weighted by molar-refractivity contribution is 5.44. The van der Waals surface area contributed by atoms with Crippen molar-refractivity contribution in [3.63, 3.8) is 0 Å². The highest BCUT2D eigenvalue weighted by atomic mass is 16.6. The lowest BCUT2D eigenvalue weighted by Crippen LogP contribution is -2.30. The van der Waals surface area contributed by atoms with Crippen LogP contribution in [-0.4, -0.2) is 24.4 Å². The van der Waals surface area contributed by atoms with Crippen molar-refractivity contribution in [2.45, 2.75) is 38.5 Å². The number of aliphatic hydroxyl groups excluding tert-OH is 1. The van der Waals surface area contributed by atoms with Gasteiger partial charge in [-0.05, 0) is 50.1 Å². The van der Waals surface area contributed by atoms with E-state index in [4.69, 9.17) is 13.9 Å². The Morgan fingerprint density at radius 2 is 1.91 bits per heavy atom. The van der Waals surface area contributed by atoms with Crippen LogP contribution < -0.4 is 14.8 Å². The molecule has 1 aromatic heterocycles. The van der Waals surface area contributed by atoms with E-state index in [2.05, 4.69) is 19.2 Å². The van der Waals surface area contributed by atoms with Gasteiger partial charge in [-0.2, -0.15) is 0 Å². The van der Waals surface area contributed by atoms with Crippen LogP contribution in [0.5, 0.6) is 11.5 Å². The quantitative estimate of drug-likeness (QED) is 0.856. The average molecular weight is 317 g/mol. The molecule has 5 nitrogen and oxygen atoms in total. The van der Waals surface area contributed by atoms with Crippen LogP contribution in [0.1, 0.15) is 43.7 Å². The van der Waals surface area contributed by atoms with Crippen LogP contribution in [0.4, 0.5) is 0 Å². The molecule has 0 fully saturated rings. The van der Waals surface area contributed by atoms with Crippen molar-refractivity contribution < 1.29 is 19.0 Å². The smallest absolute Gasteiger partial charge is 0.161 e. The first kappa shape index (κ1) is 15.9. The maximum Gasteiger partial charge on any atom is 0.161 e. The molecule has 3 atom stereocenters. The molecular formula is C18H23NO4. The normalized spacial score (nSPS) is 17.5. The number of hydrogen-bond donors (Lipinski definition) is 2. The largest absolute Gasteiger partial charge is 0.486 e. The molecule has 0 radical (unpaired) electrons. The van der Waals surface area contributed by atoms with Gasteiger partial charge >= 0.3 is 0 Å². The van der Waals surface area contributed by atoms with Gasteiger partial charge in [0.25, 0.3) is 0 Å². The molecule has 1 aromatic carbocycles. The van der Waals surface area contributed by atoms with Crippen LogP contribution in [0.25, 0.3) is 0 Å². The Hall–Kier alpha value is -1.98. The summed E-state index contributed by atoms with van der Waals surface area (Å²) in [5.74, 6) is 2.20. The molecule has 2 N–H and O–H groups in total. The zero-order chi connectivity index (χ0) is 16.2. The van der Waals surface area contributed by atoms with Gasteiger partial charge in [0.2, 0.25) is 0 Å². The molecule has 1 aliphatic heterocycles. The van der Waals surface area contributed by atoms with Crippen molar-refractivity contribution in [2.75, 3.05) is 13.2 Å². The van der Waals surface area contributed by atoms with E-state index >= 15 is 0 Å². The average Bonchev–Trinajstić information content (AvgIpc) is 3.08. The Balaban J connectivity index is 1.59. The zero-order valence-electron chi connectivity index (χ0n) is 13.5. The second-order valence-corrected chi connectivity index (χ2v) is 5.96. The predicted molar refractivity (Wildman–Crippen MR) is 86.7 cm³/mol. The summed E-state index contributed by atoms with van der Waals surface area (Å²) >= 11 is 0. The van der Waals surface area contributed by atoms with Crippen LogP contribution in [0, 0.1) is 0 Å². The lowest BCUT2D eigenvalue weighted by atomic mass is 10.0. The van der Waals surface area contributed by atoms with Gasteiger partial charge in [0.05, 0.1) is 6.26 Å². The third kappa shape index (κ3) is 3.86. The first-order valence-corrected chi connectivity index (χ1v) is 8.00. The van der Waals surface area contributed by atoms with Gasteiger partial charge in [0.1, 0.15) is 25.1 Å². The van der Waals surface area contributed by atoms with Crippen LogP contribution in [0.15, 0.2) is 41.0 Å². The molecule has 3 rings (SSSR count). The summed E-state index contributed by atoms with van der Waals surface area (Å²) in [5.41, 5.74) is 1.13. The highest BCUT2D eigenvalue weighted by Gasteiger charge is 2.18. The van der Waals surface area contributed by atoms with E-state index in [1.165, 1.54) is 0 Å². The van der Waals surface area contributed by atoms with E-state index in [1.807, 2.05) is 18.2 Å². The zero-order valence-corrected chi connectivity index (χ0v) is 13.5. The Bertz CT molecular complexity index is 626. The van der Waals surface area contributed by atoms with E-state index in [0.717, 1.165) is 17.1 Å². The fourth-order valence-electron chi connectivity index (χ4n) is 2.85. The van der Waals surface area contributed by atoms with Gasteiger partial charge in [-0.15, -0.1) is 0 Å². The summed E-state index contributed by atoms with van der Waals surface area (Å²) in [7, 11) is 0. The lowest BCUT2D eigenvalue weighted by Gasteiger charge is -2.24. The van der Waals surface area contributed by atoms with E-state index in [0.29, 0.717) is 25.4 Å². The molecule has 2 aromatic rings. The van der Waals surface area contributed by atoms with Crippen LogP contribution in [0.2, 0.25) is 0 Å². The van der Waals surface area contributed by atoms with Gasteiger partial charge in [-0.25, -0.2) is 0 Å². The van der Waals surface area contributed by atoms with E-state index in [1.54, 1.807) is 18.4 Å². The third-order valence-corrected chi connectivity index (χ3v) is 4.05. The SMILES string of the molecule is CC(CC(O)c1ccco1)NC(C)c1ccc2c(c1)OCCO2. The molecule has 0 saturated carbocycles. The first-order chi connectivity index (χ1) is 11.1. The maximum absolute atomic E-state index is 10.2. The van der Waals surface area contributed by atoms with Gasteiger partial charge in [-0.1, -0.05) is 6.07 Å². The number of rotatable bonds is 6. The summed E-state index contributed by atoms with van der Waals surface area (Å²) in [6.07, 6.45) is 1.57. The number of benzene rings is 1. The second kappa shape index (κ2) is 7.06. The predicted octanol–water partition coefficient (Wildman–Crippen LogP) is 3.21. The fraction of sp³-hybridized carbons (Fsp3) is 0.444. The summed E-state index contributed by atoms with van der Waals surface area (Å²) < 4.78 is 16.4. The van der Waals surface area contributed by atoms with Crippen molar-refractivity contribution >= 4 is 0 Å². The molecule has 124 valence electrons. The van der Waals surface area contributed by atoms with Crippen molar-refractivity contribution in [3.8, 4) is 11.5 Å². The van der Waals surface area contributed by atoms with Crippen molar-refractivity contribution in [3.05, 3.63) is 47.9 Å². The van der Waals surface area contributed by atoms with Crippen molar-refractivity contribution in [1.82, 2.24) is 5.32 Å². The molecule has 3 unspecified atom stereocenters. The lowest BCUT2D eigenvalue weighted by molar-refractivity contribution is 0.127. The Kier molecular flexibility index (Phi) is 4.88. The second-order valence-electron chi connectivity index (χ2n) is 5.96. The number of ether oxygens (including phenoxy) is 2. The molecule has 0 spiro atoms.